The maximum Gasteiger partial charge on any atom is 0.232 e. The maximum atomic E-state index is 13.4. The molecular formula is C19H19FN2O2. The molecule has 0 spiro atoms. The average molecular weight is 326 g/mol. The number of carbonyl (C=O) groups is 2. The van der Waals surface area contributed by atoms with E-state index in [4.69, 9.17) is 0 Å². The first kappa shape index (κ1) is 16.2. The summed E-state index contributed by atoms with van der Waals surface area (Å²) in [6.45, 7) is 3.96. The number of hydrogen-bond acceptors (Lipinski definition) is 2. The molecule has 0 aliphatic carbocycles. The molecule has 0 saturated carbocycles. The largest absolute Gasteiger partial charge is 0.326 e. The molecule has 1 heterocycles. The van der Waals surface area contributed by atoms with E-state index in [-0.39, 0.29) is 18.2 Å². The number of para-hydroxylation sites is 1. The quantitative estimate of drug-likeness (QED) is 0.902. The predicted octanol–water partition coefficient (Wildman–Crippen LogP) is 3.76. The van der Waals surface area contributed by atoms with Crippen LogP contribution in [0, 0.1) is 12.7 Å². The second-order valence-corrected chi connectivity index (χ2v) is 5.99. The Bertz CT molecular complexity index is 817. The molecule has 2 N–H and O–H groups in total. The van der Waals surface area contributed by atoms with Crippen molar-refractivity contribution in [2.45, 2.75) is 32.6 Å². The zero-order valence-electron chi connectivity index (χ0n) is 13.7. The van der Waals surface area contributed by atoms with E-state index in [9.17, 15) is 14.0 Å². The molecule has 1 aliphatic heterocycles. The average Bonchev–Trinajstić information content (AvgIpc) is 2.55. The number of fused-ring (bicyclic) bond motifs is 1. The third kappa shape index (κ3) is 3.02. The first-order valence-corrected chi connectivity index (χ1v) is 7.98. The minimum atomic E-state index is -0.626. The molecule has 1 aliphatic rings. The van der Waals surface area contributed by atoms with E-state index in [0.717, 1.165) is 23.2 Å². The predicted molar refractivity (Wildman–Crippen MR) is 91.6 cm³/mol. The lowest BCUT2D eigenvalue weighted by Crippen LogP contribution is -2.31. The van der Waals surface area contributed by atoms with Crippen molar-refractivity contribution in [3.8, 4) is 0 Å². The second kappa shape index (κ2) is 6.43. The van der Waals surface area contributed by atoms with Crippen molar-refractivity contribution < 1.29 is 14.0 Å². The number of benzene rings is 2. The molecule has 5 heteroatoms. The van der Waals surface area contributed by atoms with Crippen LogP contribution in [0.15, 0.2) is 36.4 Å². The fourth-order valence-electron chi connectivity index (χ4n) is 3.08. The van der Waals surface area contributed by atoms with Gasteiger partial charge in [-0.2, -0.15) is 0 Å². The van der Waals surface area contributed by atoms with Gasteiger partial charge in [-0.3, -0.25) is 9.59 Å². The Balaban J connectivity index is 1.93. The van der Waals surface area contributed by atoms with E-state index in [2.05, 4.69) is 10.6 Å². The Morgan fingerprint density at radius 3 is 2.88 bits per heavy atom. The number of anilines is 2. The summed E-state index contributed by atoms with van der Waals surface area (Å²) in [5.41, 5.74) is 3.82. The summed E-state index contributed by atoms with van der Waals surface area (Å²) >= 11 is 0. The molecule has 4 nitrogen and oxygen atoms in total. The second-order valence-electron chi connectivity index (χ2n) is 5.99. The molecule has 1 unspecified atom stereocenters. The van der Waals surface area contributed by atoms with Crippen molar-refractivity contribution in [2.75, 3.05) is 10.6 Å². The maximum absolute atomic E-state index is 13.4. The van der Waals surface area contributed by atoms with E-state index in [1.54, 1.807) is 6.07 Å². The van der Waals surface area contributed by atoms with Gasteiger partial charge in [0.25, 0.3) is 0 Å². The zero-order valence-corrected chi connectivity index (χ0v) is 13.7. The van der Waals surface area contributed by atoms with Crippen molar-refractivity contribution in [1.82, 2.24) is 0 Å². The molecule has 1 atom stereocenters. The van der Waals surface area contributed by atoms with Gasteiger partial charge in [0, 0.05) is 17.8 Å². The molecule has 0 saturated heterocycles. The van der Waals surface area contributed by atoms with Crippen LogP contribution in [0.1, 0.15) is 36.0 Å². The van der Waals surface area contributed by atoms with Gasteiger partial charge in [-0.25, -0.2) is 4.39 Å². The fraction of sp³-hybridized carbons (Fsp3) is 0.263. The van der Waals surface area contributed by atoms with E-state index < -0.39 is 11.7 Å². The highest BCUT2D eigenvalue weighted by molar-refractivity contribution is 6.05. The monoisotopic (exact) mass is 326 g/mol. The molecule has 0 radical (unpaired) electrons. The van der Waals surface area contributed by atoms with Gasteiger partial charge in [0.05, 0.1) is 5.92 Å². The minimum absolute atomic E-state index is 0.0534. The van der Waals surface area contributed by atoms with Crippen molar-refractivity contribution in [3.05, 3.63) is 58.9 Å². The summed E-state index contributed by atoms with van der Waals surface area (Å²) < 4.78 is 13.4. The number of halogens is 1. The van der Waals surface area contributed by atoms with E-state index >= 15 is 0 Å². The molecule has 2 aromatic carbocycles. The highest BCUT2D eigenvalue weighted by atomic mass is 19.1. The van der Waals surface area contributed by atoms with Gasteiger partial charge in [0.1, 0.15) is 5.82 Å². The number of hydrogen-bond donors (Lipinski definition) is 2. The SMILES string of the molecule is CCc1cccc(C)c1NC(=O)C1CC(=O)Nc2cc(F)ccc21. The van der Waals surface area contributed by atoms with Crippen LogP contribution in [-0.4, -0.2) is 11.8 Å². The Labute approximate surface area is 140 Å². The van der Waals surface area contributed by atoms with Crippen LogP contribution in [0.5, 0.6) is 0 Å². The summed E-state index contributed by atoms with van der Waals surface area (Å²) in [5.74, 6) is -1.60. The van der Waals surface area contributed by atoms with Crippen LogP contribution in [0.2, 0.25) is 0 Å². The fourth-order valence-corrected chi connectivity index (χ4v) is 3.08. The summed E-state index contributed by atoms with van der Waals surface area (Å²) in [5, 5.41) is 5.59. The normalized spacial score (nSPS) is 16.3. The Hall–Kier alpha value is -2.69. The third-order valence-corrected chi connectivity index (χ3v) is 4.36. The Morgan fingerprint density at radius 2 is 2.12 bits per heavy atom. The lowest BCUT2D eigenvalue weighted by molar-refractivity contribution is -0.123. The van der Waals surface area contributed by atoms with Crippen LogP contribution in [0.3, 0.4) is 0 Å². The molecule has 0 aromatic heterocycles. The number of aryl methyl sites for hydroxylation is 2. The van der Waals surface area contributed by atoms with Crippen LogP contribution < -0.4 is 10.6 Å². The summed E-state index contributed by atoms with van der Waals surface area (Å²) in [4.78, 5) is 24.7. The minimum Gasteiger partial charge on any atom is -0.326 e. The zero-order chi connectivity index (χ0) is 17.3. The molecule has 0 fully saturated rings. The van der Waals surface area contributed by atoms with Gasteiger partial charge in [-0.05, 0) is 42.2 Å². The van der Waals surface area contributed by atoms with Crippen molar-refractivity contribution in [1.29, 1.82) is 0 Å². The number of carbonyl (C=O) groups excluding carboxylic acids is 2. The van der Waals surface area contributed by atoms with Gasteiger partial charge in [-0.1, -0.05) is 31.2 Å². The molecule has 24 heavy (non-hydrogen) atoms. The van der Waals surface area contributed by atoms with Gasteiger partial charge in [-0.15, -0.1) is 0 Å². The first-order valence-electron chi connectivity index (χ1n) is 7.98. The lowest BCUT2D eigenvalue weighted by atomic mass is 9.89. The Morgan fingerprint density at radius 1 is 1.33 bits per heavy atom. The molecule has 2 amide bonds. The van der Waals surface area contributed by atoms with E-state index in [1.807, 2.05) is 32.0 Å². The van der Waals surface area contributed by atoms with Crippen molar-refractivity contribution >= 4 is 23.2 Å². The smallest absolute Gasteiger partial charge is 0.232 e. The van der Waals surface area contributed by atoms with Crippen molar-refractivity contribution in [3.63, 3.8) is 0 Å². The third-order valence-electron chi connectivity index (χ3n) is 4.36. The van der Waals surface area contributed by atoms with Gasteiger partial charge >= 0.3 is 0 Å². The molecule has 124 valence electrons. The Kier molecular flexibility index (Phi) is 4.34. The number of rotatable bonds is 3. The number of nitrogens with one attached hydrogen (secondary N) is 2. The topological polar surface area (TPSA) is 58.2 Å². The molecule has 2 aromatic rings. The highest BCUT2D eigenvalue weighted by Crippen LogP contribution is 2.34. The van der Waals surface area contributed by atoms with Crippen LogP contribution >= 0.6 is 0 Å². The first-order chi connectivity index (χ1) is 11.5. The van der Waals surface area contributed by atoms with Crippen LogP contribution in [0.25, 0.3) is 0 Å². The van der Waals surface area contributed by atoms with E-state index in [0.29, 0.717) is 11.3 Å². The van der Waals surface area contributed by atoms with Gasteiger partial charge in [0.2, 0.25) is 11.8 Å². The lowest BCUT2D eigenvalue weighted by Gasteiger charge is -2.25. The van der Waals surface area contributed by atoms with Gasteiger partial charge in [0.15, 0.2) is 0 Å². The molecule has 3 rings (SSSR count). The summed E-state index contributed by atoms with van der Waals surface area (Å²) in [6, 6.07) is 9.98. The van der Waals surface area contributed by atoms with Gasteiger partial charge < -0.3 is 10.6 Å². The molecular weight excluding hydrogens is 307 g/mol. The van der Waals surface area contributed by atoms with Crippen molar-refractivity contribution in [2.24, 2.45) is 0 Å². The van der Waals surface area contributed by atoms with E-state index in [1.165, 1.54) is 12.1 Å². The summed E-state index contributed by atoms with van der Waals surface area (Å²) in [7, 11) is 0. The van der Waals surface area contributed by atoms with Crippen LogP contribution in [-0.2, 0) is 16.0 Å². The summed E-state index contributed by atoms with van der Waals surface area (Å²) in [6.07, 6.45) is 0.849. The highest BCUT2D eigenvalue weighted by Gasteiger charge is 2.31. The number of amides is 2. The van der Waals surface area contributed by atoms with Crippen LogP contribution in [0.4, 0.5) is 15.8 Å². The standard InChI is InChI=1S/C19H19FN2O2/c1-3-12-6-4-5-11(2)18(12)22-19(24)15-10-17(23)21-16-9-13(20)7-8-14(15)16/h4-9,15H,3,10H2,1-2H3,(H,21,23)(H,22,24). The molecule has 0 bridgehead atoms.